The molecule has 1 aliphatic carbocycles. The number of methoxy groups -OCH3 is 1. The molecule has 4 heteroatoms. The molecular formula is C11H16ClNO2. The topological polar surface area (TPSA) is 55.5 Å². The van der Waals surface area contributed by atoms with Gasteiger partial charge in [0, 0.05) is 17.7 Å². The molecule has 15 heavy (non-hydrogen) atoms. The van der Waals surface area contributed by atoms with Crippen molar-refractivity contribution in [2.45, 2.75) is 18.9 Å². The van der Waals surface area contributed by atoms with Crippen LogP contribution in [0.1, 0.15) is 24.4 Å². The molecule has 1 fully saturated rings. The van der Waals surface area contributed by atoms with Gasteiger partial charge in [-0.15, -0.1) is 12.4 Å². The summed E-state index contributed by atoms with van der Waals surface area (Å²) < 4.78 is 5.01. The molecule has 1 aliphatic rings. The molecule has 0 amide bonds. The second-order valence-electron chi connectivity index (χ2n) is 3.79. The average Bonchev–Trinajstić information content (AvgIpc) is 3.00. The van der Waals surface area contributed by atoms with E-state index >= 15 is 0 Å². The number of rotatable bonds is 3. The molecule has 0 radical (unpaired) electrons. The fraction of sp³-hybridized carbons (Fsp3) is 0.455. The molecule has 1 saturated carbocycles. The van der Waals surface area contributed by atoms with Gasteiger partial charge in [-0.25, -0.2) is 0 Å². The standard InChI is InChI=1S/C11H15NO2.ClH/c1-14-8-4-5-9(10(13)6-8)11(12)7-2-3-7;/h4-7,11,13H,2-3,12H2,1H3;1H/t11-;/m0./s1. The maximum absolute atomic E-state index is 9.71. The molecule has 1 atom stereocenters. The Morgan fingerprint density at radius 1 is 1.47 bits per heavy atom. The van der Waals surface area contributed by atoms with Gasteiger partial charge in [0.1, 0.15) is 11.5 Å². The number of hydrogen-bond donors (Lipinski definition) is 2. The summed E-state index contributed by atoms with van der Waals surface area (Å²) >= 11 is 0. The zero-order valence-electron chi connectivity index (χ0n) is 8.64. The van der Waals surface area contributed by atoms with Gasteiger partial charge in [0.15, 0.2) is 0 Å². The number of nitrogens with two attached hydrogens (primary N) is 1. The van der Waals surface area contributed by atoms with E-state index in [1.165, 1.54) is 12.8 Å². The van der Waals surface area contributed by atoms with Crippen LogP contribution in [0.25, 0.3) is 0 Å². The molecule has 0 unspecified atom stereocenters. The number of ether oxygens (including phenoxy) is 1. The SMILES string of the molecule is COc1ccc([C@@H](N)C2CC2)c(O)c1.Cl. The van der Waals surface area contributed by atoms with Crippen molar-refractivity contribution in [1.29, 1.82) is 0 Å². The van der Waals surface area contributed by atoms with Crippen LogP contribution in [0.2, 0.25) is 0 Å². The first kappa shape index (κ1) is 12.1. The first-order chi connectivity index (χ1) is 6.72. The van der Waals surface area contributed by atoms with E-state index in [1.807, 2.05) is 12.1 Å². The molecule has 0 aromatic heterocycles. The number of aromatic hydroxyl groups is 1. The first-order valence-electron chi connectivity index (χ1n) is 4.85. The van der Waals surface area contributed by atoms with E-state index < -0.39 is 0 Å². The van der Waals surface area contributed by atoms with Gasteiger partial charge in [0.05, 0.1) is 7.11 Å². The predicted octanol–water partition coefficient (Wildman–Crippen LogP) is 2.23. The first-order valence-corrected chi connectivity index (χ1v) is 4.85. The third-order valence-corrected chi connectivity index (χ3v) is 2.73. The second kappa shape index (κ2) is 4.73. The average molecular weight is 230 g/mol. The Bertz CT molecular complexity index is 339. The van der Waals surface area contributed by atoms with E-state index in [9.17, 15) is 5.11 Å². The molecule has 1 aromatic rings. The largest absolute Gasteiger partial charge is 0.507 e. The monoisotopic (exact) mass is 229 g/mol. The number of phenolic OH excluding ortho intramolecular Hbond substituents is 1. The molecule has 2 rings (SSSR count). The summed E-state index contributed by atoms with van der Waals surface area (Å²) in [5, 5.41) is 9.71. The predicted molar refractivity (Wildman–Crippen MR) is 61.6 cm³/mol. The van der Waals surface area contributed by atoms with Gasteiger partial charge in [-0.3, -0.25) is 0 Å². The maximum atomic E-state index is 9.71. The fourth-order valence-electron chi connectivity index (χ4n) is 1.64. The normalized spacial score (nSPS) is 16.7. The van der Waals surface area contributed by atoms with E-state index in [0.717, 1.165) is 5.56 Å². The van der Waals surface area contributed by atoms with E-state index in [-0.39, 0.29) is 24.2 Å². The molecule has 1 aromatic carbocycles. The molecule has 84 valence electrons. The van der Waals surface area contributed by atoms with Gasteiger partial charge in [-0.1, -0.05) is 6.07 Å². The molecule has 0 bridgehead atoms. The van der Waals surface area contributed by atoms with Crippen LogP contribution in [0.4, 0.5) is 0 Å². The summed E-state index contributed by atoms with van der Waals surface area (Å²) in [5.74, 6) is 1.45. The Morgan fingerprint density at radius 3 is 2.60 bits per heavy atom. The van der Waals surface area contributed by atoms with E-state index in [1.54, 1.807) is 13.2 Å². The van der Waals surface area contributed by atoms with Crippen molar-refractivity contribution < 1.29 is 9.84 Å². The molecule has 0 spiro atoms. The van der Waals surface area contributed by atoms with Crippen molar-refractivity contribution in [2.24, 2.45) is 11.7 Å². The summed E-state index contributed by atoms with van der Waals surface area (Å²) in [6.07, 6.45) is 2.35. The smallest absolute Gasteiger partial charge is 0.124 e. The lowest BCUT2D eigenvalue weighted by atomic mass is 10.0. The van der Waals surface area contributed by atoms with Gasteiger partial charge in [0.25, 0.3) is 0 Å². The molecule has 0 saturated heterocycles. The van der Waals surface area contributed by atoms with Crippen molar-refractivity contribution in [3.8, 4) is 11.5 Å². The van der Waals surface area contributed by atoms with E-state index in [0.29, 0.717) is 11.7 Å². The van der Waals surface area contributed by atoms with Crippen molar-refractivity contribution in [3.05, 3.63) is 23.8 Å². The third-order valence-electron chi connectivity index (χ3n) is 2.73. The van der Waals surface area contributed by atoms with Crippen LogP contribution in [0, 0.1) is 5.92 Å². The van der Waals surface area contributed by atoms with Gasteiger partial charge in [-0.2, -0.15) is 0 Å². The van der Waals surface area contributed by atoms with Crippen LogP contribution < -0.4 is 10.5 Å². The number of hydrogen-bond acceptors (Lipinski definition) is 3. The van der Waals surface area contributed by atoms with Gasteiger partial charge in [0.2, 0.25) is 0 Å². The minimum atomic E-state index is -0.0269. The van der Waals surface area contributed by atoms with Crippen molar-refractivity contribution in [1.82, 2.24) is 0 Å². The highest BCUT2D eigenvalue weighted by Gasteiger charge is 2.30. The molecule has 3 N–H and O–H groups in total. The molecule has 0 heterocycles. The Morgan fingerprint density at radius 2 is 2.13 bits per heavy atom. The zero-order valence-corrected chi connectivity index (χ0v) is 9.46. The highest BCUT2D eigenvalue weighted by Crippen LogP contribution is 2.42. The molecule has 3 nitrogen and oxygen atoms in total. The summed E-state index contributed by atoms with van der Waals surface area (Å²) in [6.45, 7) is 0. The molecule has 0 aliphatic heterocycles. The number of benzene rings is 1. The lowest BCUT2D eigenvalue weighted by molar-refractivity contribution is 0.404. The summed E-state index contributed by atoms with van der Waals surface area (Å²) in [4.78, 5) is 0. The minimum Gasteiger partial charge on any atom is -0.507 e. The van der Waals surface area contributed by atoms with Crippen molar-refractivity contribution in [2.75, 3.05) is 7.11 Å². The van der Waals surface area contributed by atoms with E-state index in [4.69, 9.17) is 10.5 Å². The van der Waals surface area contributed by atoms with Gasteiger partial charge in [-0.05, 0) is 24.8 Å². The van der Waals surface area contributed by atoms with Crippen molar-refractivity contribution in [3.63, 3.8) is 0 Å². The third kappa shape index (κ3) is 2.55. The summed E-state index contributed by atoms with van der Waals surface area (Å²) in [6, 6.07) is 5.26. The highest BCUT2D eigenvalue weighted by atomic mass is 35.5. The Kier molecular flexibility index (Phi) is 3.83. The van der Waals surface area contributed by atoms with Crippen LogP contribution in [0.15, 0.2) is 18.2 Å². The second-order valence-corrected chi connectivity index (χ2v) is 3.79. The van der Waals surface area contributed by atoms with Crippen LogP contribution in [-0.2, 0) is 0 Å². The number of halogens is 1. The molecular weight excluding hydrogens is 214 g/mol. The van der Waals surface area contributed by atoms with Crippen LogP contribution in [0.5, 0.6) is 11.5 Å². The number of phenols is 1. The minimum absolute atomic E-state index is 0. The van der Waals surface area contributed by atoms with Gasteiger partial charge < -0.3 is 15.6 Å². The van der Waals surface area contributed by atoms with Crippen LogP contribution in [0.3, 0.4) is 0 Å². The lowest BCUT2D eigenvalue weighted by Gasteiger charge is -2.13. The summed E-state index contributed by atoms with van der Waals surface area (Å²) in [7, 11) is 1.58. The maximum Gasteiger partial charge on any atom is 0.124 e. The summed E-state index contributed by atoms with van der Waals surface area (Å²) in [5.41, 5.74) is 6.82. The van der Waals surface area contributed by atoms with E-state index in [2.05, 4.69) is 0 Å². The van der Waals surface area contributed by atoms with Crippen molar-refractivity contribution >= 4 is 12.4 Å². The Hall–Kier alpha value is -0.930. The zero-order chi connectivity index (χ0) is 10.1. The van der Waals surface area contributed by atoms with Gasteiger partial charge >= 0.3 is 0 Å². The lowest BCUT2D eigenvalue weighted by Crippen LogP contribution is -2.12. The highest BCUT2D eigenvalue weighted by molar-refractivity contribution is 5.85. The van der Waals surface area contributed by atoms with Crippen LogP contribution >= 0.6 is 12.4 Å². The Labute approximate surface area is 95.7 Å². The fourth-order valence-corrected chi connectivity index (χ4v) is 1.64. The Balaban J connectivity index is 0.00000112. The van der Waals surface area contributed by atoms with Crippen LogP contribution in [-0.4, -0.2) is 12.2 Å². The quantitative estimate of drug-likeness (QED) is 0.836.